The Bertz CT molecular complexity index is 708. The molecule has 1 N–H and O–H groups in total. The van der Waals surface area contributed by atoms with E-state index in [-0.39, 0.29) is 12.5 Å². The lowest BCUT2D eigenvalue weighted by Crippen LogP contribution is -2.20. The summed E-state index contributed by atoms with van der Waals surface area (Å²) in [5.74, 6) is 1.13. The van der Waals surface area contributed by atoms with Crippen molar-refractivity contribution in [3.63, 3.8) is 0 Å². The fourth-order valence-electron chi connectivity index (χ4n) is 1.85. The Hall–Kier alpha value is -1.92. The summed E-state index contributed by atoms with van der Waals surface area (Å²) in [6, 6.07) is 10.5. The lowest BCUT2D eigenvalue weighted by atomic mass is 10.2. The van der Waals surface area contributed by atoms with E-state index in [2.05, 4.69) is 21.2 Å². The van der Waals surface area contributed by atoms with Gasteiger partial charge >= 0.3 is 0 Å². The van der Waals surface area contributed by atoms with Crippen LogP contribution in [0.25, 0.3) is 0 Å². The number of carbonyl (C=O) groups excluding carboxylic acids is 1. The molecule has 0 unspecified atom stereocenters. The van der Waals surface area contributed by atoms with Crippen molar-refractivity contribution in [3.05, 3.63) is 45.9 Å². The first kappa shape index (κ1) is 17.4. The third-order valence-electron chi connectivity index (χ3n) is 2.94. The van der Waals surface area contributed by atoms with Crippen molar-refractivity contribution in [2.24, 2.45) is 0 Å². The molecule has 0 bridgehead atoms. The number of benzene rings is 2. The molecular weight excluding hydrogens is 386 g/mol. The lowest BCUT2D eigenvalue weighted by molar-refractivity contribution is -0.118. The van der Waals surface area contributed by atoms with Gasteiger partial charge in [-0.05, 0) is 28.1 Å². The molecule has 0 heterocycles. The van der Waals surface area contributed by atoms with E-state index >= 15 is 0 Å². The van der Waals surface area contributed by atoms with Gasteiger partial charge in [0.25, 0.3) is 5.91 Å². The molecule has 7 heteroatoms. The number of rotatable bonds is 6. The quantitative estimate of drug-likeness (QED) is 0.792. The molecule has 0 saturated heterocycles. The maximum atomic E-state index is 12.1. The van der Waals surface area contributed by atoms with Crippen LogP contribution in [0, 0.1) is 0 Å². The second kappa shape index (κ2) is 8.08. The molecule has 0 spiro atoms. The van der Waals surface area contributed by atoms with Gasteiger partial charge < -0.3 is 19.5 Å². The molecule has 5 nitrogen and oxygen atoms in total. The molecule has 0 saturated carbocycles. The van der Waals surface area contributed by atoms with Crippen LogP contribution in [0.4, 0.5) is 5.69 Å². The monoisotopic (exact) mass is 399 g/mol. The molecule has 0 aliphatic carbocycles. The minimum absolute atomic E-state index is 0.142. The molecule has 0 radical (unpaired) electrons. The minimum atomic E-state index is -0.330. The number of nitrogens with one attached hydrogen (secondary N) is 1. The summed E-state index contributed by atoms with van der Waals surface area (Å²) in [4.78, 5) is 12.1. The van der Waals surface area contributed by atoms with E-state index in [1.165, 1.54) is 14.2 Å². The predicted molar refractivity (Wildman–Crippen MR) is 92.8 cm³/mol. The second-order valence-corrected chi connectivity index (χ2v) is 5.72. The maximum absolute atomic E-state index is 12.1. The van der Waals surface area contributed by atoms with E-state index in [0.29, 0.717) is 28.0 Å². The molecule has 122 valence electrons. The lowest BCUT2D eigenvalue weighted by Gasteiger charge is -2.13. The van der Waals surface area contributed by atoms with Crippen molar-refractivity contribution in [3.8, 4) is 17.2 Å². The topological polar surface area (TPSA) is 56.8 Å². The van der Waals surface area contributed by atoms with Crippen molar-refractivity contribution in [2.45, 2.75) is 0 Å². The highest BCUT2D eigenvalue weighted by atomic mass is 79.9. The molecule has 2 aromatic rings. The van der Waals surface area contributed by atoms with Gasteiger partial charge in [-0.25, -0.2) is 0 Å². The Kier molecular flexibility index (Phi) is 6.12. The van der Waals surface area contributed by atoms with Crippen LogP contribution in [-0.4, -0.2) is 26.7 Å². The van der Waals surface area contributed by atoms with Crippen molar-refractivity contribution >= 4 is 39.1 Å². The number of hydrogen-bond donors (Lipinski definition) is 1. The first-order chi connectivity index (χ1) is 11.0. The molecule has 23 heavy (non-hydrogen) atoms. The standard InChI is InChI=1S/C16H15BrClNO4/c1-21-14-8-12(15(22-2)7-11(14)18)19-16(20)9-23-13-6-4-3-5-10(13)17/h3-8H,9H2,1-2H3,(H,19,20). The van der Waals surface area contributed by atoms with Gasteiger partial charge in [0.15, 0.2) is 6.61 Å². The van der Waals surface area contributed by atoms with E-state index < -0.39 is 0 Å². The molecule has 2 aromatic carbocycles. The maximum Gasteiger partial charge on any atom is 0.262 e. The van der Waals surface area contributed by atoms with Gasteiger partial charge in [0.05, 0.1) is 29.4 Å². The molecule has 0 fully saturated rings. The van der Waals surface area contributed by atoms with Crippen LogP contribution in [0.5, 0.6) is 17.2 Å². The highest BCUT2D eigenvalue weighted by molar-refractivity contribution is 9.10. The Morgan fingerprint density at radius 2 is 1.83 bits per heavy atom. The molecule has 0 aliphatic rings. The van der Waals surface area contributed by atoms with Crippen molar-refractivity contribution in [1.82, 2.24) is 0 Å². The van der Waals surface area contributed by atoms with E-state index in [9.17, 15) is 4.79 Å². The summed E-state index contributed by atoms with van der Waals surface area (Å²) in [7, 11) is 2.99. The number of carbonyl (C=O) groups is 1. The molecule has 0 aliphatic heterocycles. The third kappa shape index (κ3) is 4.53. The average molecular weight is 401 g/mol. The number of para-hydroxylation sites is 1. The van der Waals surface area contributed by atoms with Gasteiger partial charge in [-0.15, -0.1) is 0 Å². The first-order valence-corrected chi connectivity index (χ1v) is 7.81. The third-order valence-corrected chi connectivity index (χ3v) is 3.89. The van der Waals surface area contributed by atoms with Crippen molar-refractivity contribution in [2.75, 3.05) is 26.1 Å². The fraction of sp³-hybridized carbons (Fsp3) is 0.188. The second-order valence-electron chi connectivity index (χ2n) is 4.45. The molecular formula is C16H15BrClNO4. The van der Waals surface area contributed by atoms with E-state index in [1.807, 2.05) is 18.2 Å². The highest BCUT2D eigenvalue weighted by Crippen LogP contribution is 2.35. The van der Waals surface area contributed by atoms with Crippen LogP contribution >= 0.6 is 27.5 Å². The Labute approximate surface area is 147 Å². The van der Waals surface area contributed by atoms with Gasteiger partial charge in [0.2, 0.25) is 0 Å². The number of ether oxygens (including phenoxy) is 3. The summed E-state index contributed by atoms with van der Waals surface area (Å²) in [6.07, 6.45) is 0. The van der Waals surface area contributed by atoms with Crippen LogP contribution in [0.3, 0.4) is 0 Å². The Balaban J connectivity index is 2.06. The number of methoxy groups -OCH3 is 2. The van der Waals surface area contributed by atoms with Crippen LogP contribution < -0.4 is 19.5 Å². The summed E-state index contributed by atoms with van der Waals surface area (Å²) < 4.78 is 16.6. The van der Waals surface area contributed by atoms with Crippen LogP contribution in [0.15, 0.2) is 40.9 Å². The van der Waals surface area contributed by atoms with Gasteiger partial charge in [0, 0.05) is 12.1 Å². The number of amides is 1. The van der Waals surface area contributed by atoms with Crippen molar-refractivity contribution in [1.29, 1.82) is 0 Å². The van der Waals surface area contributed by atoms with Crippen LogP contribution in [-0.2, 0) is 4.79 Å². The van der Waals surface area contributed by atoms with Gasteiger partial charge in [0.1, 0.15) is 17.2 Å². The zero-order valence-electron chi connectivity index (χ0n) is 12.6. The Morgan fingerprint density at radius 1 is 1.13 bits per heavy atom. The van der Waals surface area contributed by atoms with Gasteiger partial charge in [-0.2, -0.15) is 0 Å². The summed E-state index contributed by atoms with van der Waals surface area (Å²) in [6.45, 7) is -0.142. The number of anilines is 1. The van der Waals surface area contributed by atoms with E-state index in [0.717, 1.165) is 4.47 Å². The van der Waals surface area contributed by atoms with Crippen LogP contribution in [0.2, 0.25) is 5.02 Å². The largest absolute Gasteiger partial charge is 0.495 e. The fourth-order valence-corrected chi connectivity index (χ4v) is 2.48. The molecule has 0 atom stereocenters. The smallest absolute Gasteiger partial charge is 0.262 e. The molecule has 0 aromatic heterocycles. The minimum Gasteiger partial charge on any atom is -0.495 e. The zero-order chi connectivity index (χ0) is 16.8. The first-order valence-electron chi connectivity index (χ1n) is 6.64. The average Bonchev–Trinajstić information content (AvgIpc) is 2.55. The predicted octanol–water partition coefficient (Wildman–Crippen LogP) is 4.14. The highest BCUT2D eigenvalue weighted by Gasteiger charge is 2.13. The summed E-state index contributed by atoms with van der Waals surface area (Å²) in [5, 5.41) is 3.11. The zero-order valence-corrected chi connectivity index (χ0v) is 14.9. The Morgan fingerprint density at radius 3 is 2.48 bits per heavy atom. The van der Waals surface area contributed by atoms with Gasteiger partial charge in [-0.3, -0.25) is 4.79 Å². The van der Waals surface area contributed by atoms with E-state index in [4.69, 9.17) is 25.8 Å². The summed E-state index contributed by atoms with van der Waals surface area (Å²) in [5.41, 5.74) is 0.453. The van der Waals surface area contributed by atoms with E-state index in [1.54, 1.807) is 18.2 Å². The molecule has 2 rings (SSSR count). The molecule has 1 amide bonds. The van der Waals surface area contributed by atoms with Gasteiger partial charge in [-0.1, -0.05) is 23.7 Å². The normalized spacial score (nSPS) is 10.1. The summed E-state index contributed by atoms with van der Waals surface area (Å²) >= 11 is 9.38. The number of halogens is 2. The number of hydrogen-bond acceptors (Lipinski definition) is 4. The van der Waals surface area contributed by atoms with Crippen LogP contribution in [0.1, 0.15) is 0 Å². The van der Waals surface area contributed by atoms with Crippen molar-refractivity contribution < 1.29 is 19.0 Å². The SMILES string of the molecule is COc1cc(NC(=O)COc2ccccc2Br)c(OC)cc1Cl.